The highest BCUT2D eigenvalue weighted by molar-refractivity contribution is 7.86. The second-order valence-corrected chi connectivity index (χ2v) is 10.8. The Morgan fingerprint density at radius 1 is 1.00 bits per heavy atom. The molecule has 1 aromatic heterocycles. The topological polar surface area (TPSA) is 193 Å². The second-order valence-electron chi connectivity index (χ2n) is 6.72. The number of nitrogens with two attached hydrogens (primary N) is 1. The standard InChI is InChI=1S/C18H14N4O7S3/c1-8-20-13-3-2-10(6-14(13)30-8)21-22-17-15(32(27,28)29)5-9-4-11(31(24,25)26)7-12(19)16(9)18(17)23/h2-7,23H,19H2,1H3,(H,24,25,26)(H,27,28,29). The van der Waals surface area contributed by atoms with Crippen molar-refractivity contribution in [1.29, 1.82) is 0 Å². The number of aromatic hydroxyl groups is 1. The third kappa shape index (κ3) is 4.01. The second kappa shape index (κ2) is 7.46. The zero-order valence-electron chi connectivity index (χ0n) is 16.1. The lowest BCUT2D eigenvalue weighted by Crippen LogP contribution is -2.02. The van der Waals surface area contributed by atoms with Crippen LogP contribution in [0.15, 0.2) is 56.4 Å². The predicted octanol–water partition coefficient (Wildman–Crippen LogP) is 3.95. The molecule has 3 aromatic carbocycles. The normalized spacial score (nSPS) is 12.8. The summed E-state index contributed by atoms with van der Waals surface area (Å²) in [5.41, 5.74) is 6.05. The fourth-order valence-electron chi connectivity index (χ4n) is 3.13. The molecule has 11 nitrogen and oxygen atoms in total. The first-order chi connectivity index (χ1) is 14.8. The van der Waals surface area contributed by atoms with Gasteiger partial charge in [-0.25, -0.2) is 4.98 Å². The summed E-state index contributed by atoms with van der Waals surface area (Å²) in [6.07, 6.45) is 0. The molecule has 0 amide bonds. The zero-order chi connectivity index (χ0) is 23.4. The highest BCUT2D eigenvalue weighted by Crippen LogP contribution is 2.44. The summed E-state index contributed by atoms with van der Waals surface area (Å²) < 4.78 is 66.5. The van der Waals surface area contributed by atoms with Gasteiger partial charge in [-0.2, -0.15) is 21.9 Å². The minimum atomic E-state index is -4.92. The van der Waals surface area contributed by atoms with E-state index in [9.17, 15) is 31.0 Å². The molecule has 14 heteroatoms. The molecule has 32 heavy (non-hydrogen) atoms. The van der Waals surface area contributed by atoms with Crippen molar-refractivity contribution in [2.24, 2.45) is 10.2 Å². The number of fused-ring (bicyclic) bond motifs is 2. The summed E-state index contributed by atoms with van der Waals surface area (Å²) in [6, 6.07) is 7.62. The molecule has 0 aliphatic rings. The van der Waals surface area contributed by atoms with Crippen LogP contribution in [0.1, 0.15) is 5.01 Å². The molecule has 0 spiro atoms. The summed E-state index contributed by atoms with van der Waals surface area (Å²) in [5, 5.41) is 19.0. The molecule has 4 aromatic rings. The monoisotopic (exact) mass is 494 g/mol. The van der Waals surface area contributed by atoms with E-state index in [0.29, 0.717) is 5.69 Å². The Hall–Kier alpha value is -3.17. The van der Waals surface area contributed by atoms with Crippen LogP contribution in [0.3, 0.4) is 0 Å². The van der Waals surface area contributed by atoms with Gasteiger partial charge < -0.3 is 10.8 Å². The Morgan fingerprint density at radius 3 is 2.38 bits per heavy atom. The number of thiazole rings is 1. The van der Waals surface area contributed by atoms with Crippen molar-refractivity contribution in [2.75, 3.05) is 5.73 Å². The largest absolute Gasteiger partial charge is 0.505 e. The van der Waals surface area contributed by atoms with Crippen molar-refractivity contribution in [1.82, 2.24) is 4.98 Å². The van der Waals surface area contributed by atoms with Crippen molar-refractivity contribution < 1.29 is 31.0 Å². The lowest BCUT2D eigenvalue weighted by atomic mass is 10.1. The number of nitrogen functional groups attached to an aromatic ring is 1. The molecule has 4 rings (SSSR count). The molecule has 1 heterocycles. The van der Waals surface area contributed by atoms with Crippen molar-refractivity contribution >= 4 is 69.6 Å². The number of aryl methyl sites for hydroxylation is 1. The van der Waals surface area contributed by atoms with Gasteiger partial charge in [0.25, 0.3) is 20.2 Å². The molecular weight excluding hydrogens is 480 g/mol. The van der Waals surface area contributed by atoms with Gasteiger partial charge in [-0.3, -0.25) is 9.11 Å². The summed E-state index contributed by atoms with van der Waals surface area (Å²) >= 11 is 1.42. The van der Waals surface area contributed by atoms with Crippen molar-refractivity contribution in [3.8, 4) is 5.75 Å². The number of benzene rings is 3. The average molecular weight is 495 g/mol. The van der Waals surface area contributed by atoms with E-state index < -0.39 is 41.5 Å². The first kappa shape index (κ1) is 22.0. The van der Waals surface area contributed by atoms with Crippen molar-refractivity contribution in [2.45, 2.75) is 16.7 Å². The van der Waals surface area contributed by atoms with Gasteiger partial charge in [0.05, 0.1) is 25.8 Å². The summed E-state index contributed by atoms with van der Waals surface area (Å²) in [6.45, 7) is 1.84. The number of hydrogen-bond donors (Lipinski definition) is 4. The van der Waals surface area contributed by atoms with Gasteiger partial charge >= 0.3 is 0 Å². The van der Waals surface area contributed by atoms with Crippen molar-refractivity contribution in [3.63, 3.8) is 0 Å². The third-order valence-electron chi connectivity index (χ3n) is 4.47. The van der Waals surface area contributed by atoms with E-state index in [1.807, 2.05) is 6.92 Å². The average Bonchev–Trinajstić information content (AvgIpc) is 3.04. The first-order valence-electron chi connectivity index (χ1n) is 8.68. The molecule has 0 aliphatic heterocycles. The maximum absolute atomic E-state index is 11.9. The van der Waals surface area contributed by atoms with E-state index in [0.717, 1.165) is 33.4 Å². The molecule has 0 unspecified atom stereocenters. The Morgan fingerprint density at radius 2 is 1.72 bits per heavy atom. The van der Waals surface area contributed by atoms with Crippen LogP contribution in [0.25, 0.3) is 21.0 Å². The number of anilines is 1. The van der Waals surface area contributed by atoms with Crippen LogP contribution in [-0.4, -0.2) is 36.0 Å². The van der Waals surface area contributed by atoms with Gasteiger partial charge in [0, 0.05) is 11.1 Å². The van der Waals surface area contributed by atoms with Crippen molar-refractivity contribution in [3.05, 3.63) is 41.4 Å². The van der Waals surface area contributed by atoms with E-state index in [-0.39, 0.29) is 16.5 Å². The summed E-state index contributed by atoms with van der Waals surface area (Å²) in [7, 11) is -9.59. The molecule has 0 aliphatic carbocycles. The molecule has 0 atom stereocenters. The SMILES string of the molecule is Cc1nc2ccc(N=Nc3c(S(=O)(=O)O)cc4cc(S(=O)(=O)O)cc(N)c4c3O)cc2s1. The highest BCUT2D eigenvalue weighted by Gasteiger charge is 2.24. The van der Waals surface area contributed by atoms with Crippen LogP contribution in [0.2, 0.25) is 0 Å². The minimum Gasteiger partial charge on any atom is -0.505 e. The van der Waals surface area contributed by atoms with Gasteiger partial charge in [0.15, 0.2) is 5.75 Å². The molecule has 5 N–H and O–H groups in total. The van der Waals surface area contributed by atoms with Gasteiger partial charge in [0.2, 0.25) is 0 Å². The zero-order valence-corrected chi connectivity index (χ0v) is 18.5. The van der Waals surface area contributed by atoms with Gasteiger partial charge in [-0.05, 0) is 48.7 Å². The maximum atomic E-state index is 11.9. The quantitative estimate of drug-likeness (QED) is 0.184. The maximum Gasteiger partial charge on any atom is 0.296 e. The van der Waals surface area contributed by atoms with Crippen LogP contribution >= 0.6 is 11.3 Å². The van der Waals surface area contributed by atoms with Crippen LogP contribution in [-0.2, 0) is 20.2 Å². The highest BCUT2D eigenvalue weighted by atomic mass is 32.2. The van der Waals surface area contributed by atoms with E-state index in [2.05, 4.69) is 15.2 Å². The summed E-state index contributed by atoms with van der Waals surface area (Å²) in [5.74, 6) is -0.743. The number of phenols is 1. The number of rotatable bonds is 4. The fraction of sp³-hybridized carbons (Fsp3) is 0.0556. The molecule has 0 bridgehead atoms. The molecule has 0 fully saturated rings. The van der Waals surface area contributed by atoms with Gasteiger partial charge in [-0.1, -0.05) is 0 Å². The van der Waals surface area contributed by atoms with E-state index in [4.69, 9.17) is 5.73 Å². The molecule has 166 valence electrons. The number of aromatic nitrogens is 1. The molecular formula is C18H14N4O7S3. The molecule has 0 saturated heterocycles. The van der Waals surface area contributed by atoms with E-state index in [1.54, 1.807) is 18.2 Å². The fourth-order valence-corrected chi connectivity index (χ4v) is 5.20. The Labute approximate surface area is 185 Å². The minimum absolute atomic E-state index is 0.132. The van der Waals surface area contributed by atoms with Crippen LogP contribution in [0.4, 0.5) is 17.1 Å². The number of phenolic OH excluding ortho intramolecular Hbond substituents is 1. The van der Waals surface area contributed by atoms with E-state index in [1.165, 1.54) is 11.3 Å². The van der Waals surface area contributed by atoms with Crippen LogP contribution < -0.4 is 5.73 Å². The van der Waals surface area contributed by atoms with Crippen LogP contribution in [0.5, 0.6) is 5.75 Å². The molecule has 0 radical (unpaired) electrons. The Balaban J connectivity index is 1.95. The van der Waals surface area contributed by atoms with Gasteiger partial charge in [0.1, 0.15) is 10.6 Å². The number of hydrogen-bond acceptors (Lipinski definition) is 10. The van der Waals surface area contributed by atoms with E-state index >= 15 is 0 Å². The van der Waals surface area contributed by atoms with Crippen LogP contribution in [0, 0.1) is 6.92 Å². The number of nitrogens with zero attached hydrogens (tertiary/aromatic N) is 3. The Kier molecular flexibility index (Phi) is 5.14. The third-order valence-corrected chi connectivity index (χ3v) is 7.11. The smallest absolute Gasteiger partial charge is 0.296 e. The lowest BCUT2D eigenvalue weighted by molar-refractivity contribution is 0.472. The Bertz CT molecular complexity index is 1660. The summed E-state index contributed by atoms with van der Waals surface area (Å²) in [4.78, 5) is 2.87. The predicted molar refractivity (Wildman–Crippen MR) is 118 cm³/mol. The number of azo groups is 1. The lowest BCUT2D eigenvalue weighted by Gasteiger charge is -2.11. The molecule has 0 saturated carbocycles. The first-order valence-corrected chi connectivity index (χ1v) is 12.4. The van der Waals surface area contributed by atoms with Gasteiger partial charge in [-0.15, -0.1) is 16.5 Å².